The third-order valence-electron chi connectivity index (χ3n) is 4.74. The lowest BCUT2D eigenvalue weighted by atomic mass is 9.60. The van der Waals surface area contributed by atoms with Crippen LogP contribution in [0.4, 0.5) is 0 Å². The standard InChI is InChI=1S/C16H23ClO2/c1-4-11-9-12(7-8-13(11)17)19-15-10-14(18)16(15,5-2)6-3/h7-9,14-15,18H,4-6,10H2,1-3H3. The maximum atomic E-state index is 10.1. The summed E-state index contributed by atoms with van der Waals surface area (Å²) >= 11 is 6.12. The van der Waals surface area contributed by atoms with Crippen LogP contribution in [0.3, 0.4) is 0 Å². The Balaban J connectivity index is 2.14. The molecule has 2 rings (SSSR count). The van der Waals surface area contributed by atoms with Crippen LogP contribution in [-0.2, 0) is 6.42 Å². The molecule has 0 aromatic heterocycles. The fourth-order valence-corrected chi connectivity index (χ4v) is 3.38. The Morgan fingerprint density at radius 2 is 2.00 bits per heavy atom. The van der Waals surface area contributed by atoms with Crippen molar-refractivity contribution in [3.8, 4) is 5.75 Å². The van der Waals surface area contributed by atoms with Crippen LogP contribution in [0.2, 0.25) is 5.02 Å². The summed E-state index contributed by atoms with van der Waals surface area (Å²) in [6.45, 7) is 6.34. The van der Waals surface area contributed by atoms with Crippen molar-refractivity contribution >= 4 is 11.6 Å². The maximum Gasteiger partial charge on any atom is 0.120 e. The van der Waals surface area contributed by atoms with E-state index in [1.54, 1.807) is 0 Å². The molecule has 0 heterocycles. The van der Waals surface area contributed by atoms with Crippen LogP contribution in [0.25, 0.3) is 0 Å². The first-order valence-electron chi connectivity index (χ1n) is 7.20. The van der Waals surface area contributed by atoms with Gasteiger partial charge in [0.25, 0.3) is 0 Å². The Bertz CT molecular complexity index is 440. The largest absolute Gasteiger partial charge is 0.490 e. The van der Waals surface area contributed by atoms with Gasteiger partial charge < -0.3 is 9.84 Å². The molecule has 1 aliphatic carbocycles. The summed E-state index contributed by atoms with van der Waals surface area (Å²) in [4.78, 5) is 0. The summed E-state index contributed by atoms with van der Waals surface area (Å²) in [5.74, 6) is 0.865. The zero-order chi connectivity index (χ0) is 14.0. The highest BCUT2D eigenvalue weighted by atomic mass is 35.5. The van der Waals surface area contributed by atoms with Crippen molar-refractivity contribution in [3.63, 3.8) is 0 Å². The van der Waals surface area contributed by atoms with E-state index >= 15 is 0 Å². The van der Waals surface area contributed by atoms with Crippen LogP contribution in [0.15, 0.2) is 18.2 Å². The summed E-state index contributed by atoms with van der Waals surface area (Å²) in [7, 11) is 0. The molecule has 3 heteroatoms. The van der Waals surface area contributed by atoms with E-state index in [4.69, 9.17) is 16.3 Å². The molecule has 19 heavy (non-hydrogen) atoms. The highest BCUT2D eigenvalue weighted by Crippen LogP contribution is 2.49. The monoisotopic (exact) mass is 282 g/mol. The number of halogens is 1. The third kappa shape index (κ3) is 2.48. The SMILES string of the molecule is CCc1cc(OC2CC(O)C2(CC)CC)ccc1Cl. The minimum atomic E-state index is -0.231. The van der Waals surface area contributed by atoms with Gasteiger partial charge in [0.05, 0.1) is 6.10 Å². The molecule has 0 aliphatic heterocycles. The maximum absolute atomic E-state index is 10.1. The van der Waals surface area contributed by atoms with Crippen molar-refractivity contribution in [1.82, 2.24) is 0 Å². The van der Waals surface area contributed by atoms with Crippen molar-refractivity contribution in [2.24, 2.45) is 5.41 Å². The van der Waals surface area contributed by atoms with Crippen molar-refractivity contribution in [3.05, 3.63) is 28.8 Å². The molecular weight excluding hydrogens is 260 g/mol. The Morgan fingerprint density at radius 1 is 1.32 bits per heavy atom. The fraction of sp³-hybridized carbons (Fsp3) is 0.625. The summed E-state index contributed by atoms with van der Waals surface area (Å²) in [5.41, 5.74) is 1.03. The molecule has 2 atom stereocenters. The minimum absolute atomic E-state index is 0.0774. The Labute approximate surface area is 120 Å². The van der Waals surface area contributed by atoms with Crippen molar-refractivity contribution in [1.29, 1.82) is 0 Å². The van der Waals surface area contributed by atoms with Gasteiger partial charge in [-0.3, -0.25) is 0 Å². The number of hydrogen-bond acceptors (Lipinski definition) is 2. The quantitative estimate of drug-likeness (QED) is 0.876. The van der Waals surface area contributed by atoms with Gasteiger partial charge in [0.1, 0.15) is 11.9 Å². The molecule has 0 amide bonds. The summed E-state index contributed by atoms with van der Waals surface area (Å²) in [6.07, 6.45) is 3.41. The van der Waals surface area contributed by atoms with E-state index in [1.165, 1.54) is 0 Å². The topological polar surface area (TPSA) is 29.5 Å². The molecular formula is C16H23ClO2. The highest BCUT2D eigenvalue weighted by molar-refractivity contribution is 6.31. The predicted molar refractivity (Wildman–Crippen MR) is 78.9 cm³/mol. The smallest absolute Gasteiger partial charge is 0.120 e. The van der Waals surface area contributed by atoms with Gasteiger partial charge in [-0.15, -0.1) is 0 Å². The van der Waals surface area contributed by atoms with Gasteiger partial charge >= 0.3 is 0 Å². The van der Waals surface area contributed by atoms with E-state index < -0.39 is 0 Å². The predicted octanol–water partition coefficient (Wildman–Crippen LogP) is 4.22. The van der Waals surface area contributed by atoms with E-state index in [9.17, 15) is 5.11 Å². The molecule has 1 aromatic carbocycles. The van der Waals surface area contributed by atoms with E-state index in [-0.39, 0.29) is 17.6 Å². The van der Waals surface area contributed by atoms with Gasteiger partial charge in [-0.25, -0.2) is 0 Å². The second kappa shape index (κ2) is 5.72. The zero-order valence-electron chi connectivity index (χ0n) is 11.9. The number of aliphatic hydroxyl groups is 1. The average Bonchev–Trinajstić information content (AvgIpc) is 2.41. The average molecular weight is 283 g/mol. The van der Waals surface area contributed by atoms with Crippen LogP contribution in [0.1, 0.15) is 45.6 Å². The number of rotatable bonds is 5. The second-order valence-electron chi connectivity index (χ2n) is 5.41. The molecule has 106 valence electrons. The number of aliphatic hydroxyl groups excluding tert-OH is 1. The van der Waals surface area contributed by atoms with Gasteiger partial charge in [-0.05, 0) is 43.0 Å². The first-order chi connectivity index (χ1) is 9.07. The van der Waals surface area contributed by atoms with Crippen molar-refractivity contribution < 1.29 is 9.84 Å². The molecule has 0 saturated heterocycles. The van der Waals surface area contributed by atoms with E-state index in [0.717, 1.165) is 42.0 Å². The van der Waals surface area contributed by atoms with E-state index in [0.29, 0.717) is 0 Å². The number of hydrogen-bond donors (Lipinski definition) is 1. The lowest BCUT2D eigenvalue weighted by Crippen LogP contribution is -2.59. The Hall–Kier alpha value is -0.730. The van der Waals surface area contributed by atoms with Gasteiger partial charge in [-0.1, -0.05) is 32.4 Å². The van der Waals surface area contributed by atoms with Crippen LogP contribution >= 0.6 is 11.6 Å². The van der Waals surface area contributed by atoms with Crippen molar-refractivity contribution in [2.45, 2.75) is 58.7 Å². The molecule has 1 saturated carbocycles. The first kappa shape index (κ1) is 14.7. The van der Waals surface area contributed by atoms with Gasteiger partial charge in [-0.2, -0.15) is 0 Å². The number of benzene rings is 1. The van der Waals surface area contributed by atoms with Gasteiger partial charge in [0.15, 0.2) is 0 Å². The number of ether oxygens (including phenoxy) is 1. The minimum Gasteiger partial charge on any atom is -0.490 e. The van der Waals surface area contributed by atoms with E-state index in [2.05, 4.69) is 20.8 Å². The number of aryl methyl sites for hydroxylation is 1. The van der Waals surface area contributed by atoms with E-state index in [1.807, 2.05) is 18.2 Å². The van der Waals surface area contributed by atoms with Crippen molar-refractivity contribution in [2.75, 3.05) is 0 Å². The molecule has 0 radical (unpaired) electrons. The molecule has 1 fully saturated rings. The van der Waals surface area contributed by atoms with Crippen LogP contribution < -0.4 is 4.74 Å². The van der Waals surface area contributed by atoms with Crippen LogP contribution in [-0.4, -0.2) is 17.3 Å². The second-order valence-corrected chi connectivity index (χ2v) is 5.81. The Kier molecular flexibility index (Phi) is 4.42. The molecule has 0 bridgehead atoms. The normalized spacial score (nSPS) is 24.9. The fourth-order valence-electron chi connectivity index (χ4n) is 3.13. The lowest BCUT2D eigenvalue weighted by molar-refractivity contribution is -0.159. The first-order valence-corrected chi connectivity index (χ1v) is 7.58. The molecule has 1 N–H and O–H groups in total. The highest BCUT2D eigenvalue weighted by Gasteiger charge is 2.53. The molecule has 2 nitrogen and oxygen atoms in total. The van der Waals surface area contributed by atoms with Gasteiger partial charge in [0, 0.05) is 16.9 Å². The zero-order valence-corrected chi connectivity index (χ0v) is 12.7. The molecule has 1 aliphatic rings. The Morgan fingerprint density at radius 3 is 2.53 bits per heavy atom. The molecule has 2 unspecified atom stereocenters. The van der Waals surface area contributed by atoms with Crippen LogP contribution in [0.5, 0.6) is 5.75 Å². The molecule has 0 spiro atoms. The third-order valence-corrected chi connectivity index (χ3v) is 5.10. The summed E-state index contributed by atoms with van der Waals surface area (Å²) < 4.78 is 6.10. The lowest BCUT2D eigenvalue weighted by Gasteiger charge is -2.52. The van der Waals surface area contributed by atoms with Crippen LogP contribution in [0, 0.1) is 5.41 Å². The molecule has 1 aromatic rings. The van der Waals surface area contributed by atoms with Gasteiger partial charge in [0.2, 0.25) is 0 Å². The summed E-state index contributed by atoms with van der Waals surface area (Å²) in [5, 5.41) is 10.8. The summed E-state index contributed by atoms with van der Waals surface area (Å²) in [6, 6.07) is 5.83.